The van der Waals surface area contributed by atoms with Gasteiger partial charge in [0.2, 0.25) is 0 Å². The van der Waals surface area contributed by atoms with Crippen LogP contribution in [0.15, 0.2) is 75.9 Å². The number of nitrogens with one attached hydrogen (secondary N) is 1. The van der Waals surface area contributed by atoms with E-state index in [0.717, 1.165) is 25.9 Å². The molecule has 0 radical (unpaired) electrons. The van der Waals surface area contributed by atoms with Crippen LogP contribution >= 0.6 is 31.9 Å². The maximum absolute atomic E-state index is 13.0. The highest BCUT2D eigenvalue weighted by atomic mass is 79.9. The lowest BCUT2D eigenvalue weighted by atomic mass is 10.1. The van der Waals surface area contributed by atoms with E-state index in [0.29, 0.717) is 5.56 Å². The normalized spacial score (nSPS) is 16.0. The van der Waals surface area contributed by atoms with Gasteiger partial charge in [-0.1, -0.05) is 34.1 Å². The van der Waals surface area contributed by atoms with Crippen molar-refractivity contribution in [2.24, 2.45) is 0 Å². The van der Waals surface area contributed by atoms with E-state index in [-0.39, 0.29) is 12.1 Å². The Balaban J connectivity index is 1.80. The largest absolute Gasteiger partial charge is 0.360 e. The van der Waals surface area contributed by atoms with Gasteiger partial charge in [0, 0.05) is 26.3 Å². The Morgan fingerprint density at radius 1 is 1.04 bits per heavy atom. The second-order valence-electron chi connectivity index (χ2n) is 5.64. The van der Waals surface area contributed by atoms with E-state index < -0.39 is 0 Å². The van der Waals surface area contributed by atoms with Gasteiger partial charge in [-0.05, 0) is 52.3 Å². The number of halogens is 2. The van der Waals surface area contributed by atoms with E-state index in [1.807, 2.05) is 54.6 Å². The Morgan fingerprint density at radius 3 is 2.64 bits per heavy atom. The van der Waals surface area contributed by atoms with Gasteiger partial charge >= 0.3 is 0 Å². The highest BCUT2D eigenvalue weighted by Gasteiger charge is 2.37. The average molecular weight is 459 g/mol. The third-order valence-corrected chi connectivity index (χ3v) is 5.26. The molecule has 1 aliphatic heterocycles. The first-order chi connectivity index (χ1) is 12.1. The highest BCUT2D eigenvalue weighted by molar-refractivity contribution is 9.11. The van der Waals surface area contributed by atoms with Crippen LogP contribution in [0.5, 0.6) is 0 Å². The summed E-state index contributed by atoms with van der Waals surface area (Å²) < 4.78 is 1.90. The van der Waals surface area contributed by atoms with E-state index in [1.54, 1.807) is 17.3 Å². The molecule has 25 heavy (non-hydrogen) atoms. The van der Waals surface area contributed by atoms with Gasteiger partial charge < -0.3 is 5.32 Å². The molecular formula is C19H13Br2N3O. The van der Waals surface area contributed by atoms with Crippen molar-refractivity contribution in [3.8, 4) is 0 Å². The summed E-state index contributed by atoms with van der Waals surface area (Å²) >= 11 is 7.04. The number of pyridine rings is 1. The fourth-order valence-electron chi connectivity index (χ4n) is 2.98. The number of carbonyl (C=O) groups is 1. The smallest absolute Gasteiger partial charge is 0.260 e. The third kappa shape index (κ3) is 2.96. The summed E-state index contributed by atoms with van der Waals surface area (Å²) in [6, 6.07) is 17.3. The number of hydrogen-bond acceptors (Lipinski definition) is 3. The lowest BCUT2D eigenvalue weighted by Crippen LogP contribution is -2.32. The van der Waals surface area contributed by atoms with Gasteiger partial charge in [-0.15, -0.1) is 0 Å². The molecule has 0 spiro atoms. The summed E-state index contributed by atoms with van der Waals surface area (Å²) in [5.41, 5.74) is 3.32. The minimum atomic E-state index is -0.301. The monoisotopic (exact) mass is 457 g/mol. The van der Waals surface area contributed by atoms with Crippen molar-refractivity contribution >= 4 is 49.1 Å². The highest BCUT2D eigenvalue weighted by Crippen LogP contribution is 2.39. The van der Waals surface area contributed by atoms with E-state index in [1.165, 1.54) is 0 Å². The minimum absolute atomic E-state index is 0.0330. The number of nitrogens with zero attached hydrogens (tertiary/aromatic N) is 2. The molecule has 4 rings (SSSR count). The molecule has 0 bridgehead atoms. The second-order valence-corrected chi connectivity index (χ2v) is 7.41. The molecule has 1 aliphatic rings. The number of anilines is 2. The average Bonchev–Trinajstić information content (AvgIpc) is 2.91. The Hall–Kier alpha value is -2.18. The lowest BCUT2D eigenvalue weighted by Gasteiger charge is -2.27. The van der Waals surface area contributed by atoms with Crippen molar-refractivity contribution in [2.75, 3.05) is 10.2 Å². The first-order valence-electron chi connectivity index (χ1n) is 7.69. The number of rotatable bonds is 3. The van der Waals surface area contributed by atoms with Crippen molar-refractivity contribution in [3.63, 3.8) is 0 Å². The van der Waals surface area contributed by atoms with Gasteiger partial charge in [0.1, 0.15) is 6.17 Å². The topological polar surface area (TPSA) is 45.2 Å². The van der Waals surface area contributed by atoms with Crippen LogP contribution < -0.4 is 10.2 Å². The standard InChI is InChI=1S/C19H13Br2N3O/c20-12-7-8-17(16(21)10-12)23-18-14-5-1-2-6-15(14)19(25)24(18)13-4-3-9-22-11-13/h1-11,18,23H/t18-/m1/s1. The fourth-order valence-corrected chi connectivity index (χ4v) is 4.14. The zero-order chi connectivity index (χ0) is 17.4. The number of benzene rings is 2. The second kappa shape index (κ2) is 6.61. The molecular weight excluding hydrogens is 446 g/mol. The van der Waals surface area contributed by atoms with Crippen molar-refractivity contribution < 1.29 is 4.79 Å². The predicted molar refractivity (Wildman–Crippen MR) is 106 cm³/mol. The summed E-state index contributed by atoms with van der Waals surface area (Å²) in [6.45, 7) is 0. The van der Waals surface area contributed by atoms with Crippen molar-refractivity contribution in [1.29, 1.82) is 0 Å². The summed E-state index contributed by atoms with van der Waals surface area (Å²) in [4.78, 5) is 18.9. The molecule has 0 aliphatic carbocycles. The maximum Gasteiger partial charge on any atom is 0.260 e. The van der Waals surface area contributed by atoms with E-state index in [9.17, 15) is 4.79 Å². The number of amides is 1. The van der Waals surface area contributed by atoms with E-state index >= 15 is 0 Å². The molecule has 1 aromatic heterocycles. The maximum atomic E-state index is 13.0. The van der Waals surface area contributed by atoms with Crippen LogP contribution in [0.25, 0.3) is 0 Å². The van der Waals surface area contributed by atoms with Gasteiger partial charge in [-0.25, -0.2) is 0 Å². The van der Waals surface area contributed by atoms with Gasteiger partial charge in [0.15, 0.2) is 0 Å². The molecule has 124 valence electrons. The van der Waals surface area contributed by atoms with Gasteiger partial charge in [-0.3, -0.25) is 14.7 Å². The van der Waals surface area contributed by atoms with Crippen LogP contribution in [0.1, 0.15) is 22.1 Å². The SMILES string of the molecule is O=C1c2ccccc2[C@H](Nc2ccc(Br)cc2Br)N1c1cccnc1. The van der Waals surface area contributed by atoms with Crippen LogP contribution in [-0.4, -0.2) is 10.9 Å². The summed E-state index contributed by atoms with van der Waals surface area (Å²) in [6.07, 6.45) is 3.10. The van der Waals surface area contributed by atoms with Gasteiger partial charge in [-0.2, -0.15) is 0 Å². The molecule has 0 saturated heterocycles. The summed E-state index contributed by atoms with van der Waals surface area (Å²) in [7, 11) is 0. The molecule has 0 fully saturated rings. The fraction of sp³-hybridized carbons (Fsp3) is 0.0526. The van der Waals surface area contributed by atoms with Crippen molar-refractivity contribution in [3.05, 3.63) is 87.1 Å². The third-order valence-electron chi connectivity index (χ3n) is 4.11. The number of fused-ring (bicyclic) bond motifs is 1. The van der Waals surface area contributed by atoms with E-state index in [4.69, 9.17) is 0 Å². The molecule has 1 N–H and O–H groups in total. The Bertz CT molecular complexity index is 946. The first kappa shape index (κ1) is 16.3. The number of aromatic nitrogens is 1. The molecule has 2 aromatic carbocycles. The number of carbonyl (C=O) groups excluding carboxylic acids is 1. The molecule has 2 heterocycles. The van der Waals surface area contributed by atoms with Crippen molar-refractivity contribution in [2.45, 2.75) is 6.17 Å². The molecule has 1 amide bonds. The van der Waals surface area contributed by atoms with Crippen molar-refractivity contribution in [1.82, 2.24) is 4.98 Å². The molecule has 6 heteroatoms. The predicted octanol–water partition coefficient (Wildman–Crippen LogP) is 5.38. The quantitative estimate of drug-likeness (QED) is 0.573. The van der Waals surface area contributed by atoms with Crippen LogP contribution in [0.2, 0.25) is 0 Å². The Labute approximate surface area is 162 Å². The lowest BCUT2D eigenvalue weighted by molar-refractivity contribution is 0.0993. The van der Waals surface area contributed by atoms with Gasteiger partial charge in [0.05, 0.1) is 17.6 Å². The van der Waals surface area contributed by atoms with Crippen LogP contribution in [0.4, 0.5) is 11.4 Å². The minimum Gasteiger partial charge on any atom is -0.360 e. The zero-order valence-corrected chi connectivity index (χ0v) is 16.2. The molecule has 3 aromatic rings. The Morgan fingerprint density at radius 2 is 1.88 bits per heavy atom. The number of hydrogen-bond donors (Lipinski definition) is 1. The molecule has 4 nitrogen and oxygen atoms in total. The van der Waals surface area contributed by atoms with Crippen LogP contribution in [0.3, 0.4) is 0 Å². The van der Waals surface area contributed by atoms with Crippen LogP contribution in [-0.2, 0) is 0 Å². The summed E-state index contributed by atoms with van der Waals surface area (Å²) in [5.74, 6) is -0.0330. The van der Waals surface area contributed by atoms with E-state index in [2.05, 4.69) is 42.2 Å². The van der Waals surface area contributed by atoms with Gasteiger partial charge in [0.25, 0.3) is 5.91 Å². The molecule has 0 saturated carbocycles. The van der Waals surface area contributed by atoms with Crippen LogP contribution in [0, 0.1) is 0 Å². The zero-order valence-electron chi connectivity index (χ0n) is 13.0. The Kier molecular flexibility index (Phi) is 4.31. The molecule has 1 atom stereocenters. The molecule has 0 unspecified atom stereocenters. The first-order valence-corrected chi connectivity index (χ1v) is 9.28. The summed E-state index contributed by atoms with van der Waals surface area (Å²) in [5, 5.41) is 3.48.